The minimum absolute atomic E-state index is 0.0760. The number of piperidine rings is 1. The van der Waals surface area contributed by atoms with Crippen molar-refractivity contribution in [3.63, 3.8) is 0 Å². The Morgan fingerprint density at radius 1 is 1.21 bits per heavy atom. The predicted octanol–water partition coefficient (Wildman–Crippen LogP) is 2.99. The highest BCUT2D eigenvalue weighted by molar-refractivity contribution is 5.92. The van der Waals surface area contributed by atoms with E-state index >= 15 is 0 Å². The van der Waals surface area contributed by atoms with Crippen LogP contribution in [0.1, 0.15) is 35.8 Å². The molecule has 0 bridgehead atoms. The van der Waals surface area contributed by atoms with Gasteiger partial charge >= 0.3 is 0 Å². The molecule has 1 aliphatic heterocycles. The van der Waals surface area contributed by atoms with Gasteiger partial charge in [-0.3, -0.25) is 4.79 Å². The van der Waals surface area contributed by atoms with Gasteiger partial charge in [-0.25, -0.2) is 9.97 Å². The highest BCUT2D eigenvalue weighted by Crippen LogP contribution is 2.21. The van der Waals surface area contributed by atoms with Crippen molar-refractivity contribution in [3.8, 4) is 0 Å². The molecule has 24 heavy (non-hydrogen) atoms. The van der Waals surface area contributed by atoms with Crippen LogP contribution in [0.15, 0.2) is 42.7 Å². The average Bonchev–Trinajstić information content (AvgIpc) is 2.62. The van der Waals surface area contributed by atoms with Crippen molar-refractivity contribution in [2.45, 2.75) is 26.3 Å². The van der Waals surface area contributed by atoms with Gasteiger partial charge in [-0.1, -0.05) is 37.3 Å². The van der Waals surface area contributed by atoms with Gasteiger partial charge in [0.15, 0.2) is 0 Å². The molecular weight excluding hydrogens is 300 g/mol. The standard InChI is InChI=1S/C19H24N4O/c1-15-8-10-23(11-9-15)18-12-17(20-14-21-18)19(24)22(2)13-16-6-4-3-5-7-16/h3-7,12,14-15H,8-11,13H2,1-2H3. The molecule has 1 aromatic heterocycles. The van der Waals surface area contributed by atoms with Crippen molar-refractivity contribution in [2.24, 2.45) is 5.92 Å². The number of rotatable bonds is 4. The molecule has 2 aromatic rings. The SMILES string of the molecule is CC1CCN(c2cc(C(=O)N(C)Cc3ccccc3)ncn2)CC1. The average molecular weight is 324 g/mol. The Labute approximate surface area is 143 Å². The van der Waals surface area contributed by atoms with Crippen molar-refractivity contribution in [2.75, 3.05) is 25.0 Å². The monoisotopic (exact) mass is 324 g/mol. The number of amides is 1. The zero-order valence-corrected chi connectivity index (χ0v) is 14.4. The number of hydrogen-bond donors (Lipinski definition) is 0. The molecule has 0 N–H and O–H groups in total. The Morgan fingerprint density at radius 2 is 1.92 bits per heavy atom. The Hall–Kier alpha value is -2.43. The van der Waals surface area contributed by atoms with Crippen molar-refractivity contribution >= 4 is 11.7 Å². The van der Waals surface area contributed by atoms with E-state index in [2.05, 4.69) is 21.8 Å². The zero-order valence-electron chi connectivity index (χ0n) is 14.4. The molecule has 0 atom stereocenters. The van der Waals surface area contributed by atoms with Gasteiger partial charge in [0.05, 0.1) is 0 Å². The number of nitrogens with zero attached hydrogens (tertiary/aromatic N) is 4. The summed E-state index contributed by atoms with van der Waals surface area (Å²) >= 11 is 0. The van der Waals surface area contributed by atoms with Gasteiger partial charge in [0, 0.05) is 32.7 Å². The number of hydrogen-bond acceptors (Lipinski definition) is 4. The molecule has 0 spiro atoms. The van der Waals surface area contributed by atoms with Gasteiger partial charge in [-0.05, 0) is 24.3 Å². The van der Waals surface area contributed by atoms with Crippen LogP contribution in [-0.4, -0.2) is 40.9 Å². The zero-order chi connectivity index (χ0) is 16.9. The van der Waals surface area contributed by atoms with Gasteiger partial charge in [0.1, 0.15) is 17.8 Å². The van der Waals surface area contributed by atoms with Gasteiger partial charge in [0.2, 0.25) is 0 Å². The molecule has 2 heterocycles. The van der Waals surface area contributed by atoms with Crippen molar-refractivity contribution in [3.05, 3.63) is 54.0 Å². The number of benzene rings is 1. The van der Waals surface area contributed by atoms with E-state index in [1.807, 2.05) is 36.4 Å². The second-order valence-corrected chi connectivity index (χ2v) is 6.58. The van der Waals surface area contributed by atoms with Crippen molar-refractivity contribution < 1.29 is 4.79 Å². The second-order valence-electron chi connectivity index (χ2n) is 6.58. The van der Waals surface area contributed by atoms with Crippen LogP contribution in [0.4, 0.5) is 5.82 Å². The molecule has 1 saturated heterocycles. The lowest BCUT2D eigenvalue weighted by molar-refractivity contribution is 0.0779. The van der Waals surface area contributed by atoms with Crippen LogP contribution < -0.4 is 4.90 Å². The quantitative estimate of drug-likeness (QED) is 0.867. The third-order valence-corrected chi connectivity index (χ3v) is 4.59. The summed E-state index contributed by atoms with van der Waals surface area (Å²) in [5.41, 5.74) is 1.56. The number of carbonyl (C=O) groups is 1. The lowest BCUT2D eigenvalue weighted by Crippen LogP contribution is -2.34. The number of aromatic nitrogens is 2. The largest absolute Gasteiger partial charge is 0.356 e. The summed E-state index contributed by atoms with van der Waals surface area (Å²) < 4.78 is 0. The fraction of sp³-hybridized carbons (Fsp3) is 0.421. The molecule has 0 aliphatic carbocycles. The first-order chi connectivity index (χ1) is 11.6. The maximum absolute atomic E-state index is 12.7. The van der Waals surface area contributed by atoms with E-state index in [0.29, 0.717) is 12.2 Å². The summed E-state index contributed by atoms with van der Waals surface area (Å²) in [5.74, 6) is 1.54. The Balaban J connectivity index is 1.69. The second kappa shape index (κ2) is 7.43. The van der Waals surface area contributed by atoms with E-state index in [-0.39, 0.29) is 5.91 Å². The first-order valence-electron chi connectivity index (χ1n) is 8.50. The lowest BCUT2D eigenvalue weighted by Gasteiger charge is -2.31. The molecule has 3 rings (SSSR count). The molecule has 0 saturated carbocycles. The van der Waals surface area contributed by atoms with Gasteiger partial charge in [-0.15, -0.1) is 0 Å². The maximum Gasteiger partial charge on any atom is 0.272 e. The first-order valence-corrected chi connectivity index (χ1v) is 8.50. The van der Waals surface area contributed by atoms with Crippen LogP contribution in [0.25, 0.3) is 0 Å². The summed E-state index contributed by atoms with van der Waals surface area (Å²) in [6.07, 6.45) is 3.83. The normalized spacial score (nSPS) is 15.3. The van der Waals surface area contributed by atoms with E-state index in [0.717, 1.165) is 30.4 Å². The highest BCUT2D eigenvalue weighted by Gasteiger charge is 2.20. The molecular formula is C19H24N4O. The Morgan fingerprint density at radius 3 is 2.62 bits per heavy atom. The van der Waals surface area contributed by atoms with E-state index in [4.69, 9.17) is 0 Å². The minimum Gasteiger partial charge on any atom is -0.356 e. The third kappa shape index (κ3) is 3.91. The molecule has 1 aliphatic rings. The molecule has 0 radical (unpaired) electrons. The minimum atomic E-state index is -0.0760. The van der Waals surface area contributed by atoms with E-state index < -0.39 is 0 Å². The van der Waals surface area contributed by atoms with Crippen LogP contribution in [0, 0.1) is 5.92 Å². The topological polar surface area (TPSA) is 49.3 Å². The molecule has 0 unspecified atom stereocenters. The van der Waals surface area contributed by atoms with E-state index in [1.165, 1.54) is 19.2 Å². The van der Waals surface area contributed by atoms with Gasteiger partial charge in [-0.2, -0.15) is 0 Å². The molecule has 5 heteroatoms. The highest BCUT2D eigenvalue weighted by atomic mass is 16.2. The Kier molecular flexibility index (Phi) is 5.08. The van der Waals surface area contributed by atoms with Crippen LogP contribution in [0.5, 0.6) is 0 Å². The lowest BCUT2D eigenvalue weighted by atomic mass is 9.99. The maximum atomic E-state index is 12.7. The van der Waals surface area contributed by atoms with Crippen LogP contribution in [-0.2, 0) is 6.54 Å². The van der Waals surface area contributed by atoms with Crippen molar-refractivity contribution in [1.82, 2.24) is 14.9 Å². The van der Waals surface area contributed by atoms with Crippen LogP contribution >= 0.6 is 0 Å². The number of anilines is 1. The summed E-state index contributed by atoms with van der Waals surface area (Å²) in [6.45, 7) is 4.84. The van der Waals surface area contributed by atoms with Crippen LogP contribution in [0.3, 0.4) is 0 Å². The first kappa shape index (κ1) is 16.4. The third-order valence-electron chi connectivity index (χ3n) is 4.59. The van der Waals surface area contributed by atoms with Gasteiger partial charge in [0.25, 0.3) is 5.91 Å². The predicted molar refractivity (Wildman–Crippen MR) is 94.9 cm³/mol. The molecule has 1 aromatic carbocycles. The summed E-state index contributed by atoms with van der Waals surface area (Å²) in [7, 11) is 1.81. The van der Waals surface area contributed by atoms with Crippen molar-refractivity contribution in [1.29, 1.82) is 0 Å². The van der Waals surface area contributed by atoms with E-state index in [1.54, 1.807) is 11.9 Å². The smallest absolute Gasteiger partial charge is 0.272 e. The van der Waals surface area contributed by atoms with E-state index in [9.17, 15) is 4.79 Å². The number of carbonyl (C=O) groups excluding carboxylic acids is 1. The van der Waals surface area contributed by atoms with Gasteiger partial charge < -0.3 is 9.80 Å². The Bertz CT molecular complexity index is 681. The summed E-state index contributed by atoms with van der Waals surface area (Å²) in [5, 5.41) is 0. The molecule has 1 amide bonds. The fourth-order valence-corrected chi connectivity index (χ4v) is 3.00. The summed E-state index contributed by atoms with van der Waals surface area (Å²) in [6, 6.07) is 11.8. The molecule has 5 nitrogen and oxygen atoms in total. The van der Waals surface area contributed by atoms with Crippen LogP contribution in [0.2, 0.25) is 0 Å². The fourth-order valence-electron chi connectivity index (χ4n) is 3.00. The molecule has 126 valence electrons. The summed E-state index contributed by atoms with van der Waals surface area (Å²) in [4.78, 5) is 25.1. The molecule has 1 fully saturated rings.